The third kappa shape index (κ3) is 8.70. The average Bonchev–Trinajstić information content (AvgIpc) is 3.38. The number of rotatable bonds is 7. The molecule has 2 aromatic carbocycles. The molecular weight excluding hydrogens is 629 g/mol. The number of aromatic nitrogens is 1. The lowest BCUT2D eigenvalue weighted by atomic mass is 10.1. The van der Waals surface area contributed by atoms with Crippen LogP contribution in [0, 0.1) is 0 Å². The highest BCUT2D eigenvalue weighted by Crippen LogP contribution is 2.32. The third-order valence-electron chi connectivity index (χ3n) is 4.94. The molecule has 0 bridgehead atoms. The van der Waals surface area contributed by atoms with Crippen molar-refractivity contribution >= 4 is 68.7 Å². The molecule has 0 saturated carbocycles. The fraction of sp³-hybridized carbons (Fsp3) is 0.269. The topological polar surface area (TPSA) is 144 Å². The number of alkyl halides is 1. The zero-order chi connectivity index (χ0) is 29.4. The molecule has 0 aliphatic carbocycles. The minimum absolute atomic E-state index is 0.0491. The summed E-state index contributed by atoms with van der Waals surface area (Å²) in [7, 11) is 1.54. The Bertz CT molecular complexity index is 1400. The summed E-state index contributed by atoms with van der Waals surface area (Å²) in [4.78, 5) is 41.7. The molecule has 3 amide bonds. The van der Waals surface area contributed by atoms with Gasteiger partial charge in [0.1, 0.15) is 28.9 Å². The second kappa shape index (κ2) is 13.6. The van der Waals surface area contributed by atoms with E-state index in [1.165, 1.54) is 6.26 Å². The van der Waals surface area contributed by atoms with Crippen LogP contribution >= 0.6 is 39.1 Å². The number of ether oxygens (including phenoxy) is 2. The first kappa shape index (κ1) is 30.9. The molecule has 1 aromatic heterocycles. The normalized spacial score (nSPS) is 11.5. The Morgan fingerprint density at radius 1 is 1.07 bits per heavy atom. The predicted molar refractivity (Wildman–Crippen MR) is 155 cm³/mol. The number of halogens is 3. The highest BCUT2D eigenvalue weighted by atomic mass is 79.9. The SMILES string of the molecule is COc1ccc(-c2nocc2C(=O)NC(=NCc2cc(Cl)c(NC(=O)CBr)c(Cl)c2)NC(=O)OC(C)(C)C)cc1. The number of alkyl carbamates (subject to hydrolysis) is 1. The van der Waals surface area contributed by atoms with Gasteiger partial charge in [0.15, 0.2) is 0 Å². The largest absolute Gasteiger partial charge is 0.497 e. The summed E-state index contributed by atoms with van der Waals surface area (Å²) in [5.74, 6) is -0.548. The first-order valence-corrected chi connectivity index (χ1v) is 13.6. The van der Waals surface area contributed by atoms with Crippen molar-refractivity contribution in [1.82, 2.24) is 15.8 Å². The summed E-state index contributed by atoms with van der Waals surface area (Å²) in [5, 5.41) is 12.0. The van der Waals surface area contributed by atoms with Gasteiger partial charge in [-0.05, 0) is 62.7 Å². The molecule has 0 aliphatic rings. The fourth-order valence-electron chi connectivity index (χ4n) is 3.22. The maximum absolute atomic E-state index is 13.2. The number of hydrogen-bond acceptors (Lipinski definition) is 8. The first-order valence-electron chi connectivity index (χ1n) is 11.7. The highest BCUT2D eigenvalue weighted by molar-refractivity contribution is 9.09. The quantitative estimate of drug-likeness (QED) is 0.166. The molecule has 40 heavy (non-hydrogen) atoms. The Balaban J connectivity index is 1.86. The van der Waals surface area contributed by atoms with E-state index in [2.05, 4.69) is 42.0 Å². The summed E-state index contributed by atoms with van der Waals surface area (Å²) >= 11 is 15.7. The molecular formula is C26H26BrCl2N5O6. The molecule has 3 N–H and O–H groups in total. The van der Waals surface area contributed by atoms with Crippen molar-refractivity contribution in [3.05, 3.63) is 63.8 Å². The number of nitrogens with zero attached hydrogens (tertiary/aromatic N) is 2. The Labute approximate surface area is 248 Å². The van der Waals surface area contributed by atoms with E-state index in [9.17, 15) is 14.4 Å². The number of benzene rings is 2. The van der Waals surface area contributed by atoms with Crippen molar-refractivity contribution in [3.8, 4) is 17.0 Å². The Morgan fingerprint density at radius 3 is 2.30 bits per heavy atom. The molecule has 212 valence electrons. The van der Waals surface area contributed by atoms with Crippen LogP contribution in [0.1, 0.15) is 36.7 Å². The molecule has 0 atom stereocenters. The first-order chi connectivity index (χ1) is 18.9. The zero-order valence-corrected chi connectivity index (χ0v) is 25.0. The van der Waals surface area contributed by atoms with E-state index >= 15 is 0 Å². The minimum Gasteiger partial charge on any atom is -0.497 e. The average molecular weight is 655 g/mol. The van der Waals surface area contributed by atoms with Gasteiger partial charge in [-0.25, -0.2) is 9.79 Å². The number of amides is 3. The van der Waals surface area contributed by atoms with Crippen LogP contribution in [0.5, 0.6) is 5.75 Å². The van der Waals surface area contributed by atoms with Crippen molar-refractivity contribution in [3.63, 3.8) is 0 Å². The number of nitrogens with one attached hydrogen (secondary N) is 3. The van der Waals surface area contributed by atoms with Gasteiger partial charge in [0, 0.05) is 5.56 Å². The standard InChI is InChI=1S/C26H26BrCl2N5O6/c1-26(2,3)40-25(37)33-24(30-12-14-9-18(28)22(19(29)10-14)31-20(35)11-27)32-23(36)17-13-39-34-21(17)15-5-7-16(38-4)8-6-15/h5-10,13H,11-12H2,1-4H3,(H,31,35)(H2,30,32,33,36,37). The molecule has 11 nitrogen and oxygen atoms in total. The predicted octanol–water partition coefficient (Wildman–Crippen LogP) is 5.80. The van der Waals surface area contributed by atoms with Gasteiger partial charge in [-0.15, -0.1) is 0 Å². The van der Waals surface area contributed by atoms with Crippen molar-refractivity contribution in [1.29, 1.82) is 0 Å². The molecule has 0 spiro atoms. The fourth-order valence-corrected chi connectivity index (χ4v) is 3.99. The van der Waals surface area contributed by atoms with Crippen molar-refractivity contribution in [2.45, 2.75) is 32.9 Å². The van der Waals surface area contributed by atoms with Gasteiger partial charge in [-0.1, -0.05) is 44.3 Å². The maximum atomic E-state index is 13.2. The van der Waals surface area contributed by atoms with Crippen LogP contribution in [-0.2, 0) is 16.1 Å². The molecule has 1 heterocycles. The van der Waals surface area contributed by atoms with E-state index in [4.69, 9.17) is 37.2 Å². The van der Waals surface area contributed by atoms with E-state index in [0.717, 1.165) is 0 Å². The van der Waals surface area contributed by atoms with Gasteiger partial charge in [-0.3, -0.25) is 20.2 Å². The number of methoxy groups -OCH3 is 1. The van der Waals surface area contributed by atoms with Gasteiger partial charge in [0.2, 0.25) is 11.9 Å². The van der Waals surface area contributed by atoms with Gasteiger partial charge in [0.05, 0.1) is 34.7 Å². The molecule has 0 fully saturated rings. The van der Waals surface area contributed by atoms with Crippen LogP contribution in [0.4, 0.5) is 10.5 Å². The van der Waals surface area contributed by atoms with Crippen molar-refractivity contribution in [2.24, 2.45) is 4.99 Å². The molecule has 14 heteroatoms. The van der Waals surface area contributed by atoms with Crippen LogP contribution in [0.25, 0.3) is 11.3 Å². The Morgan fingerprint density at radius 2 is 1.73 bits per heavy atom. The Hall–Kier alpha value is -3.61. The van der Waals surface area contributed by atoms with E-state index in [-0.39, 0.29) is 50.7 Å². The lowest BCUT2D eigenvalue weighted by molar-refractivity contribution is -0.113. The molecule has 3 aromatic rings. The smallest absolute Gasteiger partial charge is 0.414 e. The van der Waals surface area contributed by atoms with Crippen LogP contribution < -0.4 is 20.7 Å². The molecule has 0 unspecified atom stereocenters. The number of carbonyl (C=O) groups is 3. The number of aliphatic imine (C=N–C) groups is 1. The lowest BCUT2D eigenvalue weighted by Gasteiger charge is -2.20. The summed E-state index contributed by atoms with van der Waals surface area (Å²) in [6.45, 7) is 5.03. The summed E-state index contributed by atoms with van der Waals surface area (Å²) in [6.07, 6.45) is 0.343. The number of hydrogen-bond donors (Lipinski definition) is 3. The third-order valence-corrected chi connectivity index (χ3v) is 6.04. The van der Waals surface area contributed by atoms with Crippen LogP contribution in [0.3, 0.4) is 0 Å². The van der Waals surface area contributed by atoms with Crippen molar-refractivity contribution < 1.29 is 28.4 Å². The monoisotopic (exact) mass is 653 g/mol. The molecule has 0 saturated heterocycles. The number of guanidine groups is 1. The van der Waals surface area contributed by atoms with Gasteiger partial charge >= 0.3 is 6.09 Å². The van der Waals surface area contributed by atoms with Gasteiger partial charge in [-0.2, -0.15) is 0 Å². The Kier molecular flexibility index (Phi) is 10.5. The minimum atomic E-state index is -0.837. The number of anilines is 1. The van der Waals surface area contributed by atoms with E-state index in [0.29, 0.717) is 16.9 Å². The van der Waals surface area contributed by atoms with E-state index in [1.54, 1.807) is 64.3 Å². The number of carbonyl (C=O) groups excluding carboxylic acids is 3. The van der Waals surface area contributed by atoms with Crippen molar-refractivity contribution in [2.75, 3.05) is 17.8 Å². The van der Waals surface area contributed by atoms with Gasteiger partial charge < -0.3 is 19.3 Å². The lowest BCUT2D eigenvalue weighted by Crippen LogP contribution is -2.45. The summed E-state index contributed by atoms with van der Waals surface area (Å²) < 4.78 is 15.5. The summed E-state index contributed by atoms with van der Waals surface area (Å²) in [5.41, 5.74) is 0.965. The van der Waals surface area contributed by atoms with Gasteiger partial charge in [0.25, 0.3) is 5.91 Å². The van der Waals surface area contributed by atoms with Crippen LogP contribution in [-0.4, -0.2) is 47.1 Å². The summed E-state index contributed by atoms with van der Waals surface area (Å²) in [6, 6.07) is 9.98. The molecule has 0 aliphatic heterocycles. The highest BCUT2D eigenvalue weighted by Gasteiger charge is 2.22. The van der Waals surface area contributed by atoms with E-state index < -0.39 is 17.6 Å². The van der Waals surface area contributed by atoms with Crippen LogP contribution in [0.15, 0.2) is 52.2 Å². The van der Waals surface area contributed by atoms with Crippen LogP contribution in [0.2, 0.25) is 10.0 Å². The molecule has 3 rings (SSSR count). The maximum Gasteiger partial charge on any atom is 0.414 e. The molecule has 0 radical (unpaired) electrons. The zero-order valence-electron chi connectivity index (χ0n) is 21.9. The second-order valence-electron chi connectivity index (χ2n) is 9.17. The second-order valence-corrected chi connectivity index (χ2v) is 10.5. The van der Waals surface area contributed by atoms with E-state index in [1.807, 2.05) is 0 Å².